The Labute approximate surface area is 178 Å². The Balaban J connectivity index is 2.07. The van der Waals surface area contributed by atoms with E-state index in [1.54, 1.807) is 24.3 Å². The van der Waals surface area contributed by atoms with Crippen molar-refractivity contribution in [2.24, 2.45) is 0 Å². The molecule has 156 valence electrons. The Morgan fingerprint density at radius 2 is 1.43 bits per heavy atom. The van der Waals surface area contributed by atoms with Gasteiger partial charge in [0.2, 0.25) is 5.82 Å². The van der Waals surface area contributed by atoms with Crippen molar-refractivity contribution in [1.29, 1.82) is 0 Å². The molecular weight excluding hydrogens is 497 g/mol. The molecule has 0 unspecified atom stereocenters. The summed E-state index contributed by atoms with van der Waals surface area (Å²) in [6, 6.07) is 6.71. The minimum Gasteiger partial charge on any atom is -0.465 e. The molecule has 0 bridgehead atoms. The molecule has 0 aliphatic rings. The quantitative estimate of drug-likeness (QED) is 0.207. The Hall–Kier alpha value is -2.79. The van der Waals surface area contributed by atoms with Crippen molar-refractivity contribution in [2.75, 3.05) is 12.4 Å². The van der Waals surface area contributed by atoms with Crippen LogP contribution in [-0.4, -0.2) is 19.0 Å². The van der Waals surface area contributed by atoms with Gasteiger partial charge < -0.3 is 10.1 Å². The van der Waals surface area contributed by atoms with E-state index in [2.05, 4.69) is 15.9 Å². The van der Waals surface area contributed by atoms with Crippen molar-refractivity contribution in [1.82, 2.24) is 0 Å². The van der Waals surface area contributed by atoms with Gasteiger partial charge in [0.25, 0.3) is 5.91 Å². The second-order valence-corrected chi connectivity index (χ2v) is 7.55. The van der Waals surface area contributed by atoms with Crippen molar-refractivity contribution < 1.29 is 36.3 Å². The first-order chi connectivity index (χ1) is 14.2. The average molecular weight is 506 g/mol. The van der Waals surface area contributed by atoms with E-state index in [0.717, 1.165) is 22.9 Å². The molecule has 2 aromatic carbocycles. The molecule has 4 nitrogen and oxygen atoms in total. The number of benzene rings is 2. The van der Waals surface area contributed by atoms with E-state index in [1.165, 1.54) is 5.38 Å². The van der Waals surface area contributed by atoms with Gasteiger partial charge in [-0.15, -0.1) is 11.3 Å². The number of nitrogens with one attached hydrogen (secondary N) is 1. The minimum absolute atomic E-state index is 0.137. The number of halogens is 6. The lowest BCUT2D eigenvalue weighted by atomic mass is 10.0. The van der Waals surface area contributed by atoms with Crippen molar-refractivity contribution in [3.8, 4) is 11.1 Å². The van der Waals surface area contributed by atoms with E-state index >= 15 is 0 Å². The molecule has 0 fully saturated rings. The molecule has 30 heavy (non-hydrogen) atoms. The van der Waals surface area contributed by atoms with Crippen LogP contribution in [-0.2, 0) is 4.74 Å². The molecule has 0 radical (unpaired) electrons. The third-order valence-electron chi connectivity index (χ3n) is 4.00. The third kappa shape index (κ3) is 3.82. The van der Waals surface area contributed by atoms with Gasteiger partial charge in [0, 0.05) is 15.4 Å². The molecule has 0 saturated carbocycles. The van der Waals surface area contributed by atoms with Gasteiger partial charge >= 0.3 is 5.97 Å². The zero-order chi connectivity index (χ0) is 22.2. The Kier molecular flexibility index (Phi) is 6.22. The lowest BCUT2D eigenvalue weighted by molar-refractivity contribution is 0.0603. The first kappa shape index (κ1) is 21.9. The van der Waals surface area contributed by atoms with Crippen LogP contribution in [0.25, 0.3) is 11.1 Å². The van der Waals surface area contributed by atoms with Gasteiger partial charge in [-0.25, -0.2) is 26.7 Å². The molecule has 1 heterocycles. The maximum absolute atomic E-state index is 13.9. The van der Waals surface area contributed by atoms with Crippen LogP contribution in [0.2, 0.25) is 0 Å². The van der Waals surface area contributed by atoms with Crippen LogP contribution in [0.5, 0.6) is 0 Å². The summed E-state index contributed by atoms with van der Waals surface area (Å²) in [5.74, 6) is -14.0. The summed E-state index contributed by atoms with van der Waals surface area (Å²) in [7, 11) is 1.08. The lowest BCUT2D eigenvalue weighted by Crippen LogP contribution is -2.20. The topological polar surface area (TPSA) is 55.4 Å². The van der Waals surface area contributed by atoms with Gasteiger partial charge in [-0.3, -0.25) is 4.79 Å². The molecule has 0 saturated heterocycles. The number of anilines is 1. The summed E-state index contributed by atoms with van der Waals surface area (Å²) in [5.41, 5.74) is -0.901. The summed E-state index contributed by atoms with van der Waals surface area (Å²) in [6.45, 7) is 0. The number of amides is 1. The predicted octanol–water partition coefficient (Wildman–Crippen LogP) is 5.91. The molecule has 0 aliphatic carbocycles. The van der Waals surface area contributed by atoms with E-state index in [1.807, 2.05) is 5.32 Å². The molecule has 11 heteroatoms. The van der Waals surface area contributed by atoms with Crippen LogP contribution in [0, 0.1) is 29.1 Å². The fourth-order valence-corrected chi connectivity index (χ4v) is 3.78. The Bertz CT molecular complexity index is 1130. The second kappa shape index (κ2) is 8.52. The summed E-state index contributed by atoms with van der Waals surface area (Å²) in [4.78, 5) is 24.6. The van der Waals surface area contributed by atoms with Crippen LogP contribution >= 0.6 is 27.3 Å². The maximum Gasteiger partial charge on any atom is 0.341 e. The molecule has 0 spiro atoms. The number of ether oxygens (including phenoxy) is 1. The average Bonchev–Trinajstić information content (AvgIpc) is 3.14. The van der Waals surface area contributed by atoms with Gasteiger partial charge in [-0.1, -0.05) is 28.1 Å². The van der Waals surface area contributed by atoms with E-state index < -0.39 is 46.5 Å². The van der Waals surface area contributed by atoms with Crippen LogP contribution in [0.15, 0.2) is 34.1 Å². The molecular formula is C19H9BrF5NO3S. The molecule has 0 atom stereocenters. The third-order valence-corrected chi connectivity index (χ3v) is 5.42. The SMILES string of the molecule is COC(=O)c1c(-c2ccc(Br)cc2)csc1NC(=O)c1c(F)c(F)c(F)c(F)c1F. The first-order valence-corrected chi connectivity index (χ1v) is 9.63. The van der Waals surface area contributed by atoms with Crippen molar-refractivity contribution in [3.63, 3.8) is 0 Å². The van der Waals surface area contributed by atoms with Crippen LogP contribution in [0.4, 0.5) is 27.0 Å². The van der Waals surface area contributed by atoms with Crippen LogP contribution < -0.4 is 5.32 Å². The zero-order valence-corrected chi connectivity index (χ0v) is 17.2. The molecule has 1 amide bonds. The van der Waals surface area contributed by atoms with Gasteiger partial charge in [-0.05, 0) is 17.7 Å². The maximum atomic E-state index is 13.9. The van der Waals surface area contributed by atoms with Crippen molar-refractivity contribution >= 4 is 44.1 Å². The number of thiophene rings is 1. The summed E-state index contributed by atoms with van der Waals surface area (Å²) >= 11 is 4.08. The molecule has 3 aromatic rings. The lowest BCUT2D eigenvalue weighted by Gasteiger charge is -2.10. The van der Waals surface area contributed by atoms with E-state index in [4.69, 9.17) is 4.74 Å². The normalized spacial score (nSPS) is 10.8. The fourth-order valence-electron chi connectivity index (χ4n) is 2.57. The van der Waals surface area contributed by atoms with E-state index in [9.17, 15) is 31.5 Å². The number of esters is 1. The number of hydrogen-bond donors (Lipinski definition) is 1. The molecule has 0 aliphatic heterocycles. The number of rotatable bonds is 4. The largest absolute Gasteiger partial charge is 0.465 e. The van der Waals surface area contributed by atoms with Gasteiger partial charge in [0.15, 0.2) is 23.3 Å². The summed E-state index contributed by atoms with van der Waals surface area (Å²) in [5, 5.41) is 3.32. The summed E-state index contributed by atoms with van der Waals surface area (Å²) in [6.07, 6.45) is 0. The van der Waals surface area contributed by atoms with Crippen LogP contribution in [0.1, 0.15) is 20.7 Å². The van der Waals surface area contributed by atoms with Gasteiger partial charge in [0.05, 0.1) is 7.11 Å². The minimum atomic E-state index is -2.38. The smallest absolute Gasteiger partial charge is 0.341 e. The highest BCUT2D eigenvalue weighted by Gasteiger charge is 2.31. The van der Waals surface area contributed by atoms with Crippen molar-refractivity contribution in [2.45, 2.75) is 0 Å². The highest BCUT2D eigenvalue weighted by Crippen LogP contribution is 2.37. The highest BCUT2D eigenvalue weighted by atomic mass is 79.9. The van der Waals surface area contributed by atoms with Gasteiger partial charge in [-0.2, -0.15) is 0 Å². The highest BCUT2D eigenvalue weighted by molar-refractivity contribution is 9.10. The predicted molar refractivity (Wildman–Crippen MR) is 103 cm³/mol. The number of hydrogen-bond acceptors (Lipinski definition) is 4. The van der Waals surface area contributed by atoms with E-state index in [0.29, 0.717) is 11.1 Å². The zero-order valence-electron chi connectivity index (χ0n) is 14.8. The molecule has 1 aromatic heterocycles. The number of carbonyl (C=O) groups is 2. The summed E-state index contributed by atoms with van der Waals surface area (Å²) < 4.78 is 73.3. The number of carbonyl (C=O) groups excluding carboxylic acids is 2. The molecule has 3 rings (SSSR count). The van der Waals surface area contributed by atoms with Gasteiger partial charge in [0.1, 0.15) is 16.1 Å². The standard InChI is InChI=1S/C19H9BrF5NO3S/c1-29-19(28)10-9(7-2-4-8(20)5-3-7)6-30-18(10)26-17(27)11-12(21)14(23)16(25)15(24)13(11)22/h2-6H,1H3,(H,26,27). The van der Waals surface area contributed by atoms with E-state index in [-0.39, 0.29) is 10.6 Å². The Morgan fingerprint density at radius 1 is 0.900 bits per heavy atom. The monoisotopic (exact) mass is 505 g/mol. The second-order valence-electron chi connectivity index (χ2n) is 5.75. The fraction of sp³-hybridized carbons (Fsp3) is 0.0526. The van der Waals surface area contributed by atoms with Crippen LogP contribution in [0.3, 0.4) is 0 Å². The van der Waals surface area contributed by atoms with Crippen molar-refractivity contribution in [3.05, 3.63) is 74.3 Å². The number of methoxy groups -OCH3 is 1. The molecule has 1 N–H and O–H groups in total. The first-order valence-electron chi connectivity index (χ1n) is 7.95. The Morgan fingerprint density at radius 3 is 1.97 bits per heavy atom.